The van der Waals surface area contributed by atoms with Gasteiger partial charge >= 0.3 is 0 Å². The van der Waals surface area contributed by atoms with Crippen LogP contribution < -0.4 is 0 Å². The molecule has 0 aliphatic rings. The highest BCUT2D eigenvalue weighted by Gasteiger charge is 2.15. The minimum atomic E-state index is -3.11. The first-order chi connectivity index (χ1) is 7.03. The summed E-state index contributed by atoms with van der Waals surface area (Å²) < 4.78 is 23.3. The first-order valence-corrected chi connectivity index (χ1v) is 6.71. The zero-order valence-electron chi connectivity index (χ0n) is 8.76. The Morgan fingerprint density at radius 1 is 1.27 bits per heavy atom. The number of hydrogen-bond acceptors (Lipinski definition) is 3. The average Bonchev–Trinajstić information content (AvgIpc) is 2.17. The van der Waals surface area contributed by atoms with Gasteiger partial charge in [-0.25, -0.2) is 8.42 Å². The van der Waals surface area contributed by atoms with E-state index >= 15 is 0 Å². The van der Waals surface area contributed by atoms with Crippen molar-refractivity contribution in [2.45, 2.75) is 12.7 Å². The maximum absolute atomic E-state index is 11.7. The summed E-state index contributed by atoms with van der Waals surface area (Å²) in [5.41, 5.74) is 0.794. The molecule has 15 heavy (non-hydrogen) atoms. The Morgan fingerprint density at radius 3 is 2.40 bits per heavy atom. The quantitative estimate of drug-likeness (QED) is 0.824. The second kappa shape index (κ2) is 5.28. The molecule has 4 heteroatoms. The molecular weight excluding hydrogens is 212 g/mol. The van der Waals surface area contributed by atoms with Crippen molar-refractivity contribution < 1.29 is 13.5 Å². The standard InChI is InChI=1S/C11H16O3S/c1-10(7-12)8-15(13,14)9-11-5-3-2-4-6-11/h2-6,10,12H,7-9H2,1H3. The number of benzene rings is 1. The van der Waals surface area contributed by atoms with Gasteiger partial charge in [0.1, 0.15) is 0 Å². The molecule has 1 rings (SSSR count). The van der Waals surface area contributed by atoms with Crippen molar-refractivity contribution >= 4 is 9.84 Å². The Hall–Kier alpha value is -0.870. The molecule has 0 bridgehead atoms. The van der Waals surface area contributed by atoms with E-state index in [1.807, 2.05) is 18.2 Å². The molecule has 0 saturated heterocycles. The molecule has 0 heterocycles. The van der Waals surface area contributed by atoms with E-state index in [9.17, 15) is 8.42 Å². The lowest BCUT2D eigenvalue weighted by atomic mass is 10.2. The van der Waals surface area contributed by atoms with Gasteiger partial charge in [0.05, 0.1) is 11.5 Å². The highest BCUT2D eigenvalue weighted by Crippen LogP contribution is 2.09. The van der Waals surface area contributed by atoms with Crippen LogP contribution in [-0.2, 0) is 15.6 Å². The molecule has 84 valence electrons. The van der Waals surface area contributed by atoms with Gasteiger partial charge < -0.3 is 5.11 Å². The fourth-order valence-corrected chi connectivity index (χ4v) is 3.16. The molecule has 1 aromatic rings. The number of hydrogen-bond donors (Lipinski definition) is 1. The molecule has 1 atom stereocenters. The summed E-state index contributed by atoms with van der Waals surface area (Å²) in [5, 5.41) is 8.80. The summed E-state index contributed by atoms with van der Waals surface area (Å²) in [6.45, 7) is 1.64. The summed E-state index contributed by atoms with van der Waals surface area (Å²) in [4.78, 5) is 0. The predicted octanol–water partition coefficient (Wildman–Crippen LogP) is 1.23. The normalized spacial score (nSPS) is 13.7. The maximum atomic E-state index is 11.7. The summed E-state index contributed by atoms with van der Waals surface area (Å²) in [5.74, 6) is -0.102. The highest BCUT2D eigenvalue weighted by atomic mass is 32.2. The van der Waals surface area contributed by atoms with E-state index in [2.05, 4.69) is 0 Å². The van der Waals surface area contributed by atoms with Crippen molar-refractivity contribution in [1.82, 2.24) is 0 Å². The lowest BCUT2D eigenvalue weighted by Crippen LogP contribution is -2.18. The minimum Gasteiger partial charge on any atom is -0.396 e. The van der Waals surface area contributed by atoms with Crippen LogP contribution in [0.5, 0.6) is 0 Å². The third kappa shape index (κ3) is 4.44. The van der Waals surface area contributed by atoms with Gasteiger partial charge in [0.25, 0.3) is 0 Å². The average molecular weight is 228 g/mol. The molecular formula is C11H16O3S. The third-order valence-corrected chi connectivity index (χ3v) is 3.93. The summed E-state index contributed by atoms with van der Waals surface area (Å²) in [6.07, 6.45) is 0. The molecule has 0 aliphatic heterocycles. The van der Waals surface area contributed by atoms with Gasteiger partial charge in [0.2, 0.25) is 0 Å². The summed E-state index contributed by atoms with van der Waals surface area (Å²) in [6, 6.07) is 9.08. The molecule has 1 aromatic carbocycles. The second-order valence-electron chi connectivity index (χ2n) is 3.83. The molecule has 0 fully saturated rings. The van der Waals surface area contributed by atoms with Crippen LogP contribution >= 0.6 is 0 Å². The Labute approximate surface area is 90.7 Å². The maximum Gasteiger partial charge on any atom is 0.154 e. The van der Waals surface area contributed by atoms with Crippen LogP contribution in [0.2, 0.25) is 0 Å². The molecule has 0 spiro atoms. The predicted molar refractivity (Wildman–Crippen MR) is 60.2 cm³/mol. The van der Waals surface area contributed by atoms with Crippen molar-refractivity contribution in [2.75, 3.05) is 12.4 Å². The summed E-state index contributed by atoms with van der Waals surface area (Å²) >= 11 is 0. The van der Waals surface area contributed by atoms with Gasteiger partial charge in [0, 0.05) is 6.61 Å². The van der Waals surface area contributed by atoms with Crippen LogP contribution in [0, 0.1) is 5.92 Å². The molecule has 0 aromatic heterocycles. The highest BCUT2D eigenvalue weighted by molar-refractivity contribution is 7.90. The van der Waals surface area contributed by atoms with Gasteiger partial charge in [-0.05, 0) is 11.5 Å². The van der Waals surface area contributed by atoms with E-state index in [0.29, 0.717) is 0 Å². The van der Waals surface area contributed by atoms with Gasteiger partial charge in [-0.15, -0.1) is 0 Å². The van der Waals surface area contributed by atoms with E-state index in [1.54, 1.807) is 19.1 Å². The molecule has 0 saturated carbocycles. The Morgan fingerprint density at radius 2 is 1.87 bits per heavy atom. The first kappa shape index (κ1) is 12.2. The lowest BCUT2D eigenvalue weighted by molar-refractivity contribution is 0.249. The molecule has 3 nitrogen and oxygen atoms in total. The van der Waals surface area contributed by atoms with Crippen LogP contribution in [0.3, 0.4) is 0 Å². The minimum absolute atomic E-state index is 0.0401. The van der Waals surface area contributed by atoms with Crippen LogP contribution in [0.15, 0.2) is 30.3 Å². The third-order valence-electron chi connectivity index (χ3n) is 2.08. The molecule has 0 aliphatic carbocycles. The monoisotopic (exact) mass is 228 g/mol. The summed E-state index contributed by atoms with van der Waals surface area (Å²) in [7, 11) is -3.11. The second-order valence-corrected chi connectivity index (χ2v) is 5.94. The zero-order valence-corrected chi connectivity index (χ0v) is 9.57. The molecule has 1 unspecified atom stereocenters. The van der Waals surface area contributed by atoms with Gasteiger partial charge in [-0.2, -0.15) is 0 Å². The molecule has 0 radical (unpaired) electrons. The van der Waals surface area contributed by atoms with Crippen LogP contribution in [-0.4, -0.2) is 25.9 Å². The van der Waals surface area contributed by atoms with Gasteiger partial charge in [0.15, 0.2) is 9.84 Å². The van der Waals surface area contributed by atoms with E-state index < -0.39 is 9.84 Å². The SMILES string of the molecule is CC(CO)CS(=O)(=O)Cc1ccccc1. The van der Waals surface area contributed by atoms with Crippen molar-refractivity contribution in [3.05, 3.63) is 35.9 Å². The largest absolute Gasteiger partial charge is 0.396 e. The van der Waals surface area contributed by atoms with Crippen molar-refractivity contribution in [2.24, 2.45) is 5.92 Å². The van der Waals surface area contributed by atoms with Crippen molar-refractivity contribution in [3.63, 3.8) is 0 Å². The molecule has 0 amide bonds. The van der Waals surface area contributed by atoms with Crippen molar-refractivity contribution in [1.29, 1.82) is 0 Å². The number of aliphatic hydroxyl groups excluding tert-OH is 1. The topological polar surface area (TPSA) is 54.4 Å². The van der Waals surface area contributed by atoms with Gasteiger partial charge in [-0.3, -0.25) is 0 Å². The number of sulfone groups is 1. The fraction of sp³-hybridized carbons (Fsp3) is 0.455. The van der Waals surface area contributed by atoms with E-state index in [0.717, 1.165) is 5.56 Å². The van der Waals surface area contributed by atoms with Crippen LogP contribution in [0.25, 0.3) is 0 Å². The lowest BCUT2D eigenvalue weighted by Gasteiger charge is -2.08. The van der Waals surface area contributed by atoms with Crippen molar-refractivity contribution in [3.8, 4) is 0 Å². The Balaban J connectivity index is 2.65. The number of rotatable bonds is 5. The zero-order chi connectivity index (χ0) is 11.3. The van der Waals surface area contributed by atoms with E-state index in [4.69, 9.17) is 5.11 Å². The fourth-order valence-electron chi connectivity index (χ4n) is 1.37. The first-order valence-electron chi connectivity index (χ1n) is 4.88. The smallest absolute Gasteiger partial charge is 0.154 e. The Kier molecular flexibility index (Phi) is 4.29. The van der Waals surface area contributed by atoms with Gasteiger partial charge in [-0.1, -0.05) is 37.3 Å². The van der Waals surface area contributed by atoms with Crippen LogP contribution in [0.4, 0.5) is 0 Å². The molecule has 1 N–H and O–H groups in total. The van der Waals surface area contributed by atoms with E-state index in [1.165, 1.54) is 0 Å². The van der Waals surface area contributed by atoms with Crippen LogP contribution in [0.1, 0.15) is 12.5 Å². The van der Waals surface area contributed by atoms with E-state index in [-0.39, 0.29) is 24.0 Å². The Bertz CT molecular complexity index is 384. The number of aliphatic hydroxyl groups is 1.